The number of nitrogens with one attached hydrogen (secondary N) is 2. The van der Waals surface area contributed by atoms with Gasteiger partial charge in [-0.15, -0.1) is 4.98 Å². The van der Waals surface area contributed by atoms with Crippen LogP contribution in [-0.2, 0) is 23.2 Å². The SMILES string of the molecule is C[C@H]1COCCN1c1c2c(nc(-c3ccc(NC(=O)NCCO)cc3)[n+]1C(C)(C)C)CCN(C(=O)O)C2. The molecule has 0 saturated carbocycles. The second-order valence-corrected chi connectivity index (χ2v) is 10.4. The number of urea groups is 1. The van der Waals surface area contributed by atoms with Gasteiger partial charge in [-0.2, -0.15) is 0 Å². The number of carbonyl (C=O) groups excluding carboxylic acids is 1. The zero-order valence-electron chi connectivity index (χ0n) is 22.0. The maximum Gasteiger partial charge on any atom is 0.407 e. The van der Waals surface area contributed by atoms with Crippen molar-refractivity contribution in [2.45, 2.75) is 52.2 Å². The van der Waals surface area contributed by atoms with Crippen LogP contribution in [0.25, 0.3) is 11.4 Å². The number of carboxylic acid groups (broad SMARTS) is 1. The summed E-state index contributed by atoms with van der Waals surface area (Å²) in [4.78, 5) is 32.7. The average Bonchev–Trinajstić information content (AvgIpc) is 2.86. The molecule has 37 heavy (non-hydrogen) atoms. The van der Waals surface area contributed by atoms with Gasteiger partial charge >= 0.3 is 12.1 Å². The van der Waals surface area contributed by atoms with Crippen LogP contribution in [0.15, 0.2) is 24.3 Å². The summed E-state index contributed by atoms with van der Waals surface area (Å²) in [6.45, 7) is 11.1. The molecule has 3 amide bonds. The fourth-order valence-electron chi connectivity index (χ4n) is 4.87. The number of ether oxygens (including phenoxy) is 1. The van der Waals surface area contributed by atoms with Gasteiger partial charge in [0, 0.05) is 25.2 Å². The zero-order valence-corrected chi connectivity index (χ0v) is 22.0. The molecule has 1 fully saturated rings. The van der Waals surface area contributed by atoms with E-state index in [1.54, 1.807) is 0 Å². The summed E-state index contributed by atoms with van der Waals surface area (Å²) in [6.07, 6.45) is -0.389. The van der Waals surface area contributed by atoms with Crippen molar-refractivity contribution in [2.24, 2.45) is 0 Å². The molecule has 11 heteroatoms. The Kier molecular flexibility index (Phi) is 7.84. The van der Waals surface area contributed by atoms with E-state index in [1.165, 1.54) is 4.90 Å². The molecule has 0 bridgehead atoms. The number of benzene rings is 1. The van der Waals surface area contributed by atoms with Gasteiger partial charge in [0.25, 0.3) is 5.82 Å². The number of carbonyl (C=O) groups is 2. The fraction of sp³-hybridized carbons (Fsp3) is 0.538. The van der Waals surface area contributed by atoms with E-state index in [2.05, 4.69) is 47.8 Å². The maximum atomic E-state index is 12.0. The highest BCUT2D eigenvalue weighted by atomic mass is 16.5. The Hall–Kier alpha value is -3.44. The van der Waals surface area contributed by atoms with Gasteiger partial charge < -0.3 is 30.5 Å². The molecule has 1 saturated heterocycles. The topological polar surface area (TPSA) is 131 Å². The van der Waals surface area contributed by atoms with Gasteiger partial charge in [-0.3, -0.25) is 4.90 Å². The lowest BCUT2D eigenvalue weighted by molar-refractivity contribution is -0.735. The number of hydrogen-bond acceptors (Lipinski definition) is 6. The first kappa shape index (κ1) is 26.6. The highest BCUT2D eigenvalue weighted by Gasteiger charge is 2.40. The summed E-state index contributed by atoms with van der Waals surface area (Å²) in [7, 11) is 0. The van der Waals surface area contributed by atoms with E-state index in [0.29, 0.717) is 45.0 Å². The first-order chi connectivity index (χ1) is 17.6. The van der Waals surface area contributed by atoms with E-state index in [4.69, 9.17) is 14.8 Å². The van der Waals surface area contributed by atoms with Crippen LogP contribution in [0, 0.1) is 0 Å². The summed E-state index contributed by atoms with van der Waals surface area (Å²) >= 11 is 0. The molecule has 2 aliphatic rings. The van der Waals surface area contributed by atoms with Gasteiger partial charge in [0.05, 0.1) is 55.6 Å². The molecule has 4 rings (SSSR count). The lowest BCUT2D eigenvalue weighted by Gasteiger charge is -2.38. The molecule has 1 aromatic carbocycles. The number of aliphatic hydroxyl groups is 1. The summed E-state index contributed by atoms with van der Waals surface area (Å²) in [5, 5.41) is 24.0. The molecule has 0 radical (unpaired) electrons. The fourth-order valence-corrected chi connectivity index (χ4v) is 4.87. The summed E-state index contributed by atoms with van der Waals surface area (Å²) < 4.78 is 7.94. The molecule has 0 aliphatic carbocycles. The number of aliphatic hydroxyl groups excluding tert-OH is 1. The minimum absolute atomic E-state index is 0.117. The van der Waals surface area contributed by atoms with Crippen molar-refractivity contribution in [3.63, 3.8) is 0 Å². The third-order valence-corrected chi connectivity index (χ3v) is 6.63. The predicted octanol–water partition coefficient (Wildman–Crippen LogP) is 2.17. The lowest BCUT2D eigenvalue weighted by atomic mass is 9.99. The second-order valence-electron chi connectivity index (χ2n) is 10.4. The van der Waals surface area contributed by atoms with Gasteiger partial charge in [0.2, 0.25) is 5.82 Å². The Morgan fingerprint density at radius 1 is 1.22 bits per heavy atom. The molecule has 0 spiro atoms. The first-order valence-corrected chi connectivity index (χ1v) is 12.7. The molecule has 1 atom stereocenters. The third kappa shape index (κ3) is 5.78. The summed E-state index contributed by atoms with van der Waals surface area (Å²) in [5.41, 5.74) is 3.00. The van der Waals surface area contributed by atoms with Gasteiger partial charge in [0.15, 0.2) is 0 Å². The molecule has 4 N–H and O–H groups in total. The van der Waals surface area contributed by atoms with Gasteiger partial charge in [-0.05, 0) is 52.0 Å². The zero-order chi connectivity index (χ0) is 26.7. The van der Waals surface area contributed by atoms with Crippen LogP contribution in [0.3, 0.4) is 0 Å². The molecule has 11 nitrogen and oxygen atoms in total. The van der Waals surface area contributed by atoms with Crippen LogP contribution in [0.1, 0.15) is 39.0 Å². The van der Waals surface area contributed by atoms with Crippen LogP contribution >= 0.6 is 0 Å². The monoisotopic (exact) mass is 513 g/mol. The first-order valence-electron chi connectivity index (χ1n) is 12.7. The highest BCUT2D eigenvalue weighted by Crippen LogP contribution is 2.33. The summed E-state index contributed by atoms with van der Waals surface area (Å²) in [6, 6.07) is 7.24. The number of amides is 3. The standard InChI is InChI=1S/C26H36N6O5/c1-17-16-37-14-12-31(17)23-20-15-30(25(35)36)11-9-21(20)29-22(32(23)26(2,3)4)18-5-7-19(8-6-18)28-24(34)27-10-13-33/h5-8,17,33H,9-16H2,1-4H3,(H2,27,34,35,36)/p+1/t17-/m0/s1. The van der Waals surface area contributed by atoms with Crippen molar-refractivity contribution in [3.8, 4) is 11.4 Å². The van der Waals surface area contributed by atoms with E-state index < -0.39 is 6.09 Å². The summed E-state index contributed by atoms with van der Waals surface area (Å²) in [5.74, 6) is 1.78. The molecule has 2 aromatic rings. The van der Waals surface area contributed by atoms with Gasteiger partial charge in [0.1, 0.15) is 5.69 Å². The Morgan fingerprint density at radius 2 is 1.95 bits per heavy atom. The Bertz CT molecular complexity index is 1150. The van der Waals surface area contributed by atoms with E-state index in [-0.39, 0.29) is 30.8 Å². The third-order valence-electron chi connectivity index (χ3n) is 6.63. The predicted molar refractivity (Wildman–Crippen MR) is 139 cm³/mol. The van der Waals surface area contributed by atoms with Crippen LogP contribution in [0.4, 0.5) is 21.1 Å². The number of aromatic nitrogens is 2. The number of morpholine rings is 1. The van der Waals surface area contributed by atoms with Crippen LogP contribution in [0.5, 0.6) is 0 Å². The van der Waals surface area contributed by atoms with Gasteiger partial charge in [-0.1, -0.05) is 0 Å². The van der Waals surface area contributed by atoms with Crippen LogP contribution in [0.2, 0.25) is 0 Å². The minimum Gasteiger partial charge on any atom is -0.465 e. The van der Waals surface area contributed by atoms with Crippen molar-refractivity contribution >= 4 is 23.6 Å². The largest absolute Gasteiger partial charge is 0.465 e. The van der Waals surface area contributed by atoms with Crippen LogP contribution in [-0.4, -0.2) is 77.7 Å². The molecule has 200 valence electrons. The van der Waals surface area contributed by atoms with Crippen LogP contribution < -0.4 is 20.1 Å². The van der Waals surface area contributed by atoms with Crippen molar-refractivity contribution < 1.29 is 29.1 Å². The molecular formula is C26H37N6O5+. The number of hydrogen-bond donors (Lipinski definition) is 4. The minimum atomic E-state index is -0.927. The molecule has 1 aromatic heterocycles. The van der Waals surface area contributed by atoms with E-state index in [0.717, 1.165) is 28.5 Å². The van der Waals surface area contributed by atoms with Crippen molar-refractivity contribution in [2.75, 3.05) is 49.7 Å². The smallest absolute Gasteiger partial charge is 0.407 e. The van der Waals surface area contributed by atoms with Crippen molar-refractivity contribution in [3.05, 3.63) is 35.5 Å². The number of fused-ring (bicyclic) bond motifs is 1. The Balaban J connectivity index is 1.83. The lowest BCUT2D eigenvalue weighted by Crippen LogP contribution is -2.60. The highest BCUT2D eigenvalue weighted by molar-refractivity contribution is 5.89. The average molecular weight is 514 g/mol. The number of nitrogens with zero attached hydrogens (tertiary/aromatic N) is 4. The Morgan fingerprint density at radius 3 is 2.57 bits per heavy atom. The van der Waals surface area contributed by atoms with Gasteiger partial charge in [-0.25, -0.2) is 14.2 Å². The second kappa shape index (κ2) is 10.9. The van der Waals surface area contributed by atoms with E-state index in [1.807, 2.05) is 24.3 Å². The van der Waals surface area contributed by atoms with Crippen molar-refractivity contribution in [1.29, 1.82) is 0 Å². The normalized spacial score (nSPS) is 17.8. The number of rotatable bonds is 5. The maximum absolute atomic E-state index is 12.0. The number of anilines is 2. The molecule has 0 unspecified atom stereocenters. The quantitative estimate of drug-likeness (QED) is 0.451. The molecule has 2 aliphatic heterocycles. The Labute approximate surface area is 217 Å². The van der Waals surface area contributed by atoms with E-state index >= 15 is 0 Å². The van der Waals surface area contributed by atoms with E-state index in [9.17, 15) is 14.7 Å². The molecule has 3 heterocycles. The van der Waals surface area contributed by atoms with Crippen molar-refractivity contribution in [1.82, 2.24) is 15.2 Å². The molecular weight excluding hydrogens is 476 g/mol.